The Morgan fingerprint density at radius 1 is 1.53 bits per heavy atom. The highest BCUT2D eigenvalue weighted by molar-refractivity contribution is 5.74. The number of carbonyl (C=O) groups is 2. The highest BCUT2D eigenvalue weighted by Crippen LogP contribution is 1.95. The van der Waals surface area contributed by atoms with Gasteiger partial charge >= 0.3 is 12.0 Å². The SMILES string of the molecule is COC(CNC(=O)NCCc1ncno1)CC(=O)O. The predicted octanol–water partition coefficient (Wildman–Crippen LogP) is -0.599. The second-order valence-corrected chi connectivity index (χ2v) is 3.68. The molecule has 1 rings (SSSR count). The molecule has 3 N–H and O–H groups in total. The first-order valence-corrected chi connectivity index (χ1v) is 5.63. The van der Waals surface area contributed by atoms with Crippen molar-refractivity contribution in [3.63, 3.8) is 0 Å². The van der Waals surface area contributed by atoms with Gasteiger partial charge in [-0.05, 0) is 0 Å². The number of aliphatic carboxylic acids is 1. The molecule has 9 heteroatoms. The number of hydrogen-bond acceptors (Lipinski definition) is 6. The molecule has 1 aromatic rings. The fourth-order valence-electron chi connectivity index (χ4n) is 1.29. The summed E-state index contributed by atoms with van der Waals surface area (Å²) in [6.45, 7) is 0.458. The number of urea groups is 1. The average molecular weight is 272 g/mol. The number of methoxy groups -OCH3 is 1. The first-order chi connectivity index (χ1) is 9.11. The van der Waals surface area contributed by atoms with Crippen molar-refractivity contribution in [1.29, 1.82) is 0 Å². The third-order valence-electron chi connectivity index (χ3n) is 2.26. The number of amides is 2. The lowest BCUT2D eigenvalue weighted by atomic mass is 10.2. The summed E-state index contributed by atoms with van der Waals surface area (Å²) in [7, 11) is 1.39. The monoisotopic (exact) mass is 272 g/mol. The zero-order chi connectivity index (χ0) is 14.1. The van der Waals surface area contributed by atoms with Gasteiger partial charge in [-0.3, -0.25) is 4.79 Å². The minimum atomic E-state index is -0.981. The number of rotatable bonds is 8. The number of carboxylic acid groups (broad SMARTS) is 1. The molecule has 1 aromatic heterocycles. The highest BCUT2D eigenvalue weighted by Gasteiger charge is 2.13. The van der Waals surface area contributed by atoms with E-state index in [1.807, 2.05) is 0 Å². The Labute approximate surface area is 109 Å². The summed E-state index contributed by atoms with van der Waals surface area (Å²) in [5.41, 5.74) is 0. The van der Waals surface area contributed by atoms with Crippen LogP contribution in [-0.2, 0) is 16.0 Å². The third kappa shape index (κ3) is 6.36. The third-order valence-corrected chi connectivity index (χ3v) is 2.26. The van der Waals surface area contributed by atoms with Crippen molar-refractivity contribution in [3.8, 4) is 0 Å². The number of ether oxygens (including phenoxy) is 1. The zero-order valence-corrected chi connectivity index (χ0v) is 10.5. The van der Waals surface area contributed by atoms with Gasteiger partial charge in [-0.1, -0.05) is 5.16 Å². The van der Waals surface area contributed by atoms with E-state index in [1.54, 1.807) is 0 Å². The van der Waals surface area contributed by atoms with E-state index in [2.05, 4.69) is 20.8 Å². The molecule has 1 atom stereocenters. The van der Waals surface area contributed by atoms with Crippen molar-refractivity contribution in [1.82, 2.24) is 20.8 Å². The van der Waals surface area contributed by atoms with E-state index in [0.717, 1.165) is 0 Å². The molecule has 1 heterocycles. The average Bonchev–Trinajstić information content (AvgIpc) is 2.87. The summed E-state index contributed by atoms with van der Waals surface area (Å²) < 4.78 is 9.67. The van der Waals surface area contributed by atoms with E-state index in [4.69, 9.17) is 14.4 Å². The van der Waals surface area contributed by atoms with Gasteiger partial charge in [0.05, 0.1) is 12.5 Å². The van der Waals surface area contributed by atoms with Gasteiger partial charge in [0, 0.05) is 26.6 Å². The van der Waals surface area contributed by atoms with Crippen LogP contribution in [0.5, 0.6) is 0 Å². The molecule has 1 unspecified atom stereocenters. The summed E-state index contributed by atoms with van der Waals surface area (Å²) in [4.78, 5) is 25.7. The summed E-state index contributed by atoms with van der Waals surface area (Å²) in [5.74, 6) is -0.550. The van der Waals surface area contributed by atoms with Gasteiger partial charge in [0.1, 0.15) is 0 Å². The smallest absolute Gasteiger partial charge is 0.314 e. The molecule has 0 saturated carbocycles. The minimum absolute atomic E-state index is 0.120. The van der Waals surface area contributed by atoms with E-state index in [9.17, 15) is 9.59 Å². The van der Waals surface area contributed by atoms with Crippen molar-refractivity contribution < 1.29 is 24.0 Å². The van der Waals surface area contributed by atoms with Gasteiger partial charge in [0.15, 0.2) is 6.33 Å². The van der Waals surface area contributed by atoms with Crippen LogP contribution in [0.3, 0.4) is 0 Å². The normalized spacial score (nSPS) is 11.8. The Balaban J connectivity index is 2.14. The number of nitrogens with one attached hydrogen (secondary N) is 2. The lowest BCUT2D eigenvalue weighted by molar-refractivity contribution is -0.139. The van der Waals surface area contributed by atoms with E-state index in [-0.39, 0.29) is 13.0 Å². The van der Waals surface area contributed by atoms with Gasteiger partial charge < -0.3 is 25.0 Å². The summed E-state index contributed by atoms with van der Waals surface area (Å²) in [6, 6.07) is -0.410. The van der Waals surface area contributed by atoms with Crippen LogP contribution >= 0.6 is 0 Å². The Kier molecular flexibility index (Phi) is 6.30. The molecular formula is C10H16N4O5. The molecule has 0 aliphatic heterocycles. The number of carboxylic acids is 1. The topological polar surface area (TPSA) is 127 Å². The highest BCUT2D eigenvalue weighted by atomic mass is 16.5. The van der Waals surface area contributed by atoms with Gasteiger partial charge in [-0.25, -0.2) is 4.79 Å². The van der Waals surface area contributed by atoms with Crippen molar-refractivity contribution in [2.45, 2.75) is 18.9 Å². The molecule has 0 aliphatic rings. The second-order valence-electron chi connectivity index (χ2n) is 3.68. The van der Waals surface area contributed by atoms with Crippen molar-refractivity contribution in [2.24, 2.45) is 0 Å². The maximum Gasteiger partial charge on any atom is 0.314 e. The molecule has 0 aliphatic carbocycles. The van der Waals surface area contributed by atoms with Crippen molar-refractivity contribution in [2.75, 3.05) is 20.2 Å². The maximum atomic E-state index is 11.4. The fourth-order valence-corrected chi connectivity index (χ4v) is 1.29. The molecule has 19 heavy (non-hydrogen) atoms. The summed E-state index contributed by atoms with van der Waals surface area (Å²) in [5, 5.41) is 17.1. The van der Waals surface area contributed by atoms with Crippen LogP contribution in [-0.4, -0.2) is 53.6 Å². The van der Waals surface area contributed by atoms with E-state index < -0.39 is 18.1 Å². The Hall–Kier alpha value is -2.16. The molecular weight excluding hydrogens is 256 g/mol. The van der Waals surface area contributed by atoms with Crippen molar-refractivity contribution in [3.05, 3.63) is 12.2 Å². The number of aromatic nitrogens is 2. The minimum Gasteiger partial charge on any atom is -0.481 e. The fraction of sp³-hybridized carbons (Fsp3) is 0.600. The van der Waals surface area contributed by atoms with Crippen LogP contribution in [0.2, 0.25) is 0 Å². The van der Waals surface area contributed by atoms with Gasteiger partial charge in [0.2, 0.25) is 5.89 Å². The molecule has 9 nitrogen and oxygen atoms in total. The molecule has 0 aromatic carbocycles. The standard InChI is InChI=1S/C10H16N4O5/c1-18-7(4-9(15)16)5-12-10(17)11-3-2-8-13-6-14-19-8/h6-7H,2-5H2,1H3,(H,15,16)(H2,11,12,17). The van der Waals surface area contributed by atoms with Crippen LogP contribution in [0.15, 0.2) is 10.9 Å². The number of hydrogen-bond donors (Lipinski definition) is 3. The molecule has 0 radical (unpaired) electrons. The van der Waals surface area contributed by atoms with Gasteiger partial charge in [-0.2, -0.15) is 4.98 Å². The van der Waals surface area contributed by atoms with Crippen LogP contribution in [0.4, 0.5) is 4.79 Å². The zero-order valence-electron chi connectivity index (χ0n) is 10.5. The Bertz CT molecular complexity index is 395. The largest absolute Gasteiger partial charge is 0.481 e. The first kappa shape index (κ1) is 14.9. The molecule has 106 valence electrons. The molecule has 0 fully saturated rings. The van der Waals surface area contributed by atoms with Crippen LogP contribution in [0.1, 0.15) is 12.3 Å². The van der Waals surface area contributed by atoms with Crippen LogP contribution in [0.25, 0.3) is 0 Å². The maximum absolute atomic E-state index is 11.4. The summed E-state index contributed by atoms with van der Waals surface area (Å²) in [6.07, 6.45) is 0.985. The van der Waals surface area contributed by atoms with E-state index >= 15 is 0 Å². The van der Waals surface area contributed by atoms with Crippen LogP contribution < -0.4 is 10.6 Å². The molecule has 0 spiro atoms. The van der Waals surface area contributed by atoms with Crippen molar-refractivity contribution >= 4 is 12.0 Å². The first-order valence-electron chi connectivity index (χ1n) is 5.63. The Morgan fingerprint density at radius 2 is 2.32 bits per heavy atom. The Morgan fingerprint density at radius 3 is 2.89 bits per heavy atom. The molecule has 2 amide bonds. The lowest BCUT2D eigenvalue weighted by Gasteiger charge is -2.14. The summed E-state index contributed by atoms with van der Waals surface area (Å²) >= 11 is 0. The second kappa shape index (κ2) is 8.03. The van der Waals surface area contributed by atoms with E-state index in [1.165, 1.54) is 13.4 Å². The lowest BCUT2D eigenvalue weighted by Crippen LogP contribution is -2.41. The predicted molar refractivity (Wildman–Crippen MR) is 62.5 cm³/mol. The van der Waals surface area contributed by atoms with E-state index in [0.29, 0.717) is 18.9 Å². The van der Waals surface area contributed by atoms with Gasteiger partial charge in [-0.15, -0.1) is 0 Å². The van der Waals surface area contributed by atoms with Gasteiger partial charge in [0.25, 0.3) is 0 Å². The number of carbonyl (C=O) groups excluding carboxylic acids is 1. The molecule has 0 bridgehead atoms. The quantitative estimate of drug-likeness (QED) is 0.576. The number of nitrogens with zero attached hydrogens (tertiary/aromatic N) is 2. The van der Waals surface area contributed by atoms with Crippen LogP contribution in [0, 0.1) is 0 Å². The molecule has 0 saturated heterocycles.